The lowest BCUT2D eigenvalue weighted by Gasteiger charge is -2.21. The first kappa shape index (κ1) is 14.1. The van der Waals surface area contributed by atoms with Gasteiger partial charge in [-0.05, 0) is 39.6 Å². The zero-order valence-electron chi connectivity index (χ0n) is 12.6. The van der Waals surface area contributed by atoms with Crippen LogP contribution in [0, 0.1) is 17.3 Å². The molecule has 2 aliphatic rings. The second-order valence-electron chi connectivity index (χ2n) is 6.68. The number of likely N-dealkylation sites (tertiary alicyclic amines) is 1. The minimum Gasteiger partial charge on any atom is -0.324 e. The highest BCUT2D eigenvalue weighted by molar-refractivity contribution is 7.15. The van der Waals surface area contributed by atoms with Gasteiger partial charge < -0.3 is 4.90 Å². The van der Waals surface area contributed by atoms with Gasteiger partial charge >= 0.3 is 6.03 Å². The average Bonchev–Trinajstić information content (AvgIpc) is 3.05. The van der Waals surface area contributed by atoms with Gasteiger partial charge in [-0.25, -0.2) is 4.79 Å². The van der Waals surface area contributed by atoms with E-state index in [9.17, 15) is 4.79 Å². The molecule has 0 spiro atoms. The fraction of sp³-hybridized carbons (Fsp3) is 0.533. The van der Waals surface area contributed by atoms with E-state index in [4.69, 9.17) is 0 Å². The number of nitrogens with zero attached hydrogens (tertiary/aromatic N) is 3. The van der Waals surface area contributed by atoms with Crippen molar-refractivity contribution in [3.63, 3.8) is 0 Å². The number of urea groups is 1. The van der Waals surface area contributed by atoms with Crippen molar-refractivity contribution in [2.75, 3.05) is 18.4 Å². The molecule has 2 aromatic heterocycles. The number of carbonyl (C=O) groups excluding carboxylic acids is 1. The number of hydrogen-bond acceptors (Lipinski definition) is 5. The van der Waals surface area contributed by atoms with Crippen LogP contribution in [-0.4, -0.2) is 34.2 Å². The van der Waals surface area contributed by atoms with Crippen LogP contribution < -0.4 is 5.32 Å². The number of aromatic nitrogens is 2. The fourth-order valence-corrected chi connectivity index (χ4v) is 4.84. The average molecular weight is 334 g/mol. The van der Waals surface area contributed by atoms with Crippen molar-refractivity contribution in [2.24, 2.45) is 17.3 Å². The van der Waals surface area contributed by atoms with Crippen LogP contribution in [0.3, 0.4) is 0 Å². The lowest BCUT2D eigenvalue weighted by Crippen LogP contribution is -2.36. The second-order valence-corrected chi connectivity index (χ2v) is 8.52. The van der Waals surface area contributed by atoms with E-state index in [-0.39, 0.29) is 6.03 Å². The highest BCUT2D eigenvalue weighted by Crippen LogP contribution is 2.61. The van der Waals surface area contributed by atoms with E-state index < -0.39 is 0 Å². The highest BCUT2D eigenvalue weighted by atomic mass is 32.1. The monoisotopic (exact) mass is 334 g/mol. The molecule has 1 aliphatic heterocycles. The minimum absolute atomic E-state index is 0.0405. The Morgan fingerprint density at radius 1 is 1.41 bits per heavy atom. The van der Waals surface area contributed by atoms with E-state index in [1.54, 1.807) is 11.3 Å². The van der Waals surface area contributed by atoms with Crippen molar-refractivity contribution in [1.29, 1.82) is 0 Å². The summed E-state index contributed by atoms with van der Waals surface area (Å²) in [5.74, 6) is 1.34. The standard InChI is InChI=1S/C15H18N4OS2/c1-15(2)10-6-19(7-11(10)15)14(20)16-13-18-17-12(22-13)5-9-3-4-21-8-9/h3-4,8,10-11H,5-7H2,1-2H3,(H,16,18,20)/t10-,11-/m1/s1. The summed E-state index contributed by atoms with van der Waals surface area (Å²) in [6.07, 6.45) is 0.777. The van der Waals surface area contributed by atoms with Crippen LogP contribution in [0.1, 0.15) is 24.4 Å². The van der Waals surface area contributed by atoms with Crippen molar-refractivity contribution in [2.45, 2.75) is 20.3 Å². The summed E-state index contributed by atoms with van der Waals surface area (Å²) in [6.45, 7) is 6.31. The first-order chi connectivity index (χ1) is 10.5. The molecule has 0 radical (unpaired) electrons. The third kappa shape index (κ3) is 2.42. The summed E-state index contributed by atoms with van der Waals surface area (Å²) in [4.78, 5) is 14.2. The van der Waals surface area contributed by atoms with Gasteiger partial charge in [0.05, 0.1) is 0 Å². The number of piperidine rings is 1. The quantitative estimate of drug-likeness (QED) is 0.937. The number of rotatable bonds is 3. The molecule has 4 rings (SSSR count). The Labute approximate surface area is 137 Å². The zero-order chi connectivity index (χ0) is 15.3. The van der Waals surface area contributed by atoms with Crippen molar-refractivity contribution in [3.05, 3.63) is 27.4 Å². The lowest BCUT2D eigenvalue weighted by molar-refractivity contribution is 0.209. The molecule has 2 amide bonds. The van der Waals surface area contributed by atoms with Crippen LogP contribution in [0.2, 0.25) is 0 Å². The third-order valence-corrected chi connectivity index (χ3v) is 6.60. The molecule has 2 atom stereocenters. The van der Waals surface area contributed by atoms with Crippen LogP contribution >= 0.6 is 22.7 Å². The van der Waals surface area contributed by atoms with Crippen molar-refractivity contribution < 1.29 is 4.79 Å². The Kier molecular flexibility index (Phi) is 3.23. The van der Waals surface area contributed by atoms with Crippen molar-refractivity contribution >= 4 is 33.8 Å². The maximum Gasteiger partial charge on any atom is 0.323 e. The molecular weight excluding hydrogens is 316 g/mol. The summed E-state index contributed by atoms with van der Waals surface area (Å²) >= 11 is 3.13. The molecule has 2 fully saturated rings. The largest absolute Gasteiger partial charge is 0.324 e. The van der Waals surface area contributed by atoms with Gasteiger partial charge in [0.15, 0.2) is 0 Å². The van der Waals surface area contributed by atoms with E-state index in [0.29, 0.717) is 22.4 Å². The Morgan fingerprint density at radius 2 is 2.18 bits per heavy atom. The predicted octanol–water partition coefficient (Wildman–Crippen LogP) is 3.31. The van der Waals surface area contributed by atoms with Gasteiger partial charge in [-0.1, -0.05) is 25.2 Å². The molecular formula is C15H18N4OS2. The molecule has 1 saturated heterocycles. The summed E-state index contributed by atoms with van der Waals surface area (Å²) < 4.78 is 0. The number of anilines is 1. The number of hydrogen-bond donors (Lipinski definition) is 1. The number of carbonyl (C=O) groups is 1. The normalized spacial score (nSPS) is 25.1. The van der Waals surface area contributed by atoms with Gasteiger partial charge in [-0.2, -0.15) is 11.3 Å². The maximum atomic E-state index is 12.3. The van der Waals surface area contributed by atoms with Crippen LogP contribution in [0.15, 0.2) is 16.8 Å². The maximum absolute atomic E-state index is 12.3. The summed E-state index contributed by atoms with van der Waals surface area (Å²) in [5.41, 5.74) is 1.66. The molecule has 1 N–H and O–H groups in total. The number of nitrogens with one attached hydrogen (secondary N) is 1. The van der Waals surface area contributed by atoms with Gasteiger partial charge in [-0.15, -0.1) is 10.2 Å². The fourth-order valence-electron chi connectivity index (χ4n) is 3.41. The van der Waals surface area contributed by atoms with Crippen LogP contribution in [0.5, 0.6) is 0 Å². The molecule has 1 aliphatic carbocycles. The molecule has 2 aromatic rings. The topological polar surface area (TPSA) is 58.1 Å². The molecule has 0 aromatic carbocycles. The molecule has 1 saturated carbocycles. The number of fused-ring (bicyclic) bond motifs is 1. The molecule has 3 heterocycles. The van der Waals surface area contributed by atoms with E-state index in [1.807, 2.05) is 4.90 Å². The molecule has 0 bridgehead atoms. The van der Waals surface area contributed by atoms with Crippen molar-refractivity contribution in [1.82, 2.24) is 15.1 Å². The first-order valence-electron chi connectivity index (χ1n) is 7.43. The molecule has 116 valence electrons. The predicted molar refractivity (Wildman–Crippen MR) is 88.4 cm³/mol. The third-order valence-electron chi connectivity index (χ3n) is 5.03. The van der Waals surface area contributed by atoms with Gasteiger partial charge in [0.25, 0.3) is 0 Å². The Bertz CT molecular complexity index is 680. The Morgan fingerprint density at radius 3 is 2.86 bits per heavy atom. The van der Waals surface area contributed by atoms with Gasteiger partial charge in [0.2, 0.25) is 5.13 Å². The van der Waals surface area contributed by atoms with E-state index in [2.05, 4.69) is 46.2 Å². The lowest BCUT2D eigenvalue weighted by atomic mass is 10.1. The van der Waals surface area contributed by atoms with Crippen LogP contribution in [0.25, 0.3) is 0 Å². The Hall–Kier alpha value is -1.47. The SMILES string of the molecule is CC1(C)[C@@H]2CN(C(=O)Nc3nnc(Cc4ccsc4)s3)C[C@H]21. The van der Waals surface area contributed by atoms with E-state index in [1.165, 1.54) is 16.9 Å². The first-order valence-corrected chi connectivity index (χ1v) is 9.19. The van der Waals surface area contributed by atoms with E-state index in [0.717, 1.165) is 24.5 Å². The van der Waals surface area contributed by atoms with Gasteiger partial charge in [-0.3, -0.25) is 5.32 Å². The Balaban J connectivity index is 1.34. The molecule has 7 heteroatoms. The van der Waals surface area contributed by atoms with Crippen molar-refractivity contribution in [3.8, 4) is 0 Å². The number of amides is 2. The highest BCUT2D eigenvalue weighted by Gasteiger charge is 2.62. The minimum atomic E-state index is -0.0405. The summed E-state index contributed by atoms with van der Waals surface area (Å²) in [6, 6.07) is 2.05. The smallest absolute Gasteiger partial charge is 0.323 e. The summed E-state index contributed by atoms with van der Waals surface area (Å²) in [7, 11) is 0. The van der Waals surface area contributed by atoms with Crippen LogP contribution in [0.4, 0.5) is 9.93 Å². The van der Waals surface area contributed by atoms with Gasteiger partial charge in [0.1, 0.15) is 5.01 Å². The summed E-state index contributed by atoms with van der Waals surface area (Å²) in [5, 5.41) is 16.8. The zero-order valence-corrected chi connectivity index (χ0v) is 14.2. The molecule has 22 heavy (non-hydrogen) atoms. The molecule has 5 nitrogen and oxygen atoms in total. The van der Waals surface area contributed by atoms with Crippen LogP contribution in [-0.2, 0) is 6.42 Å². The van der Waals surface area contributed by atoms with Gasteiger partial charge in [0, 0.05) is 19.5 Å². The number of thiophene rings is 1. The van der Waals surface area contributed by atoms with E-state index >= 15 is 0 Å². The molecule has 0 unspecified atom stereocenters. The second kappa shape index (κ2) is 5.03.